The van der Waals surface area contributed by atoms with Crippen molar-refractivity contribution in [3.05, 3.63) is 23.9 Å². The van der Waals surface area contributed by atoms with E-state index in [4.69, 9.17) is 4.74 Å². The van der Waals surface area contributed by atoms with Crippen molar-refractivity contribution in [2.45, 2.75) is 13.8 Å². The second kappa shape index (κ2) is 7.74. The Balaban J connectivity index is 2.84. The van der Waals surface area contributed by atoms with Crippen LogP contribution in [0.15, 0.2) is 18.3 Å². The van der Waals surface area contributed by atoms with Gasteiger partial charge in [0.25, 0.3) is 5.91 Å². The number of amides is 1. The summed E-state index contributed by atoms with van der Waals surface area (Å²) < 4.78 is 5.07. The van der Waals surface area contributed by atoms with Gasteiger partial charge < -0.3 is 15.0 Å². The van der Waals surface area contributed by atoms with Crippen molar-refractivity contribution in [2.75, 3.05) is 39.2 Å². The van der Waals surface area contributed by atoms with Crippen LogP contribution in [-0.2, 0) is 4.74 Å². The smallest absolute Gasteiger partial charge is 0.254 e. The van der Waals surface area contributed by atoms with Gasteiger partial charge in [0, 0.05) is 39.0 Å². The molecule has 0 aliphatic carbocycles. The van der Waals surface area contributed by atoms with E-state index in [1.165, 1.54) is 0 Å². The van der Waals surface area contributed by atoms with Gasteiger partial charge in [0.15, 0.2) is 0 Å². The van der Waals surface area contributed by atoms with Crippen LogP contribution in [-0.4, -0.2) is 49.6 Å². The molecule has 0 radical (unpaired) electrons. The van der Waals surface area contributed by atoms with Crippen molar-refractivity contribution in [3.63, 3.8) is 0 Å². The fourth-order valence-corrected chi connectivity index (χ4v) is 1.80. The molecule has 1 aromatic rings. The maximum Gasteiger partial charge on any atom is 0.254 e. The second-order valence-electron chi connectivity index (χ2n) is 4.82. The summed E-state index contributed by atoms with van der Waals surface area (Å²) >= 11 is 0. The molecular weight excluding hydrogens is 242 g/mol. The zero-order valence-corrected chi connectivity index (χ0v) is 12.1. The van der Waals surface area contributed by atoms with Crippen LogP contribution in [0.5, 0.6) is 0 Å². The van der Waals surface area contributed by atoms with E-state index >= 15 is 0 Å². The lowest BCUT2D eigenvalue weighted by Crippen LogP contribution is -2.36. The molecule has 1 heterocycles. The molecule has 0 saturated heterocycles. The van der Waals surface area contributed by atoms with E-state index in [1.54, 1.807) is 32.5 Å². The van der Waals surface area contributed by atoms with Crippen LogP contribution >= 0.6 is 0 Å². The Morgan fingerprint density at radius 3 is 2.84 bits per heavy atom. The Hall–Kier alpha value is -1.62. The summed E-state index contributed by atoms with van der Waals surface area (Å²) in [4.78, 5) is 18.4. The van der Waals surface area contributed by atoms with Gasteiger partial charge in [0.1, 0.15) is 5.82 Å². The largest absolute Gasteiger partial charge is 0.383 e. The van der Waals surface area contributed by atoms with Gasteiger partial charge in [-0.15, -0.1) is 0 Å². The van der Waals surface area contributed by atoms with Crippen LogP contribution in [0.1, 0.15) is 24.2 Å². The number of nitrogens with one attached hydrogen (secondary N) is 1. The molecule has 0 saturated carbocycles. The van der Waals surface area contributed by atoms with Crippen LogP contribution in [0.2, 0.25) is 0 Å². The molecule has 19 heavy (non-hydrogen) atoms. The molecule has 0 aliphatic heterocycles. The number of methoxy groups -OCH3 is 1. The zero-order chi connectivity index (χ0) is 14.3. The molecule has 0 bridgehead atoms. The van der Waals surface area contributed by atoms with E-state index < -0.39 is 0 Å². The summed E-state index contributed by atoms with van der Waals surface area (Å²) in [5.74, 6) is 1.14. The molecule has 1 amide bonds. The van der Waals surface area contributed by atoms with Crippen molar-refractivity contribution < 1.29 is 9.53 Å². The lowest BCUT2D eigenvalue weighted by Gasteiger charge is -2.24. The minimum atomic E-state index is 0.0182. The molecule has 106 valence electrons. The Bertz CT molecular complexity index is 407. The molecule has 0 aromatic carbocycles. The van der Waals surface area contributed by atoms with Crippen LogP contribution in [0.4, 0.5) is 5.82 Å². The van der Waals surface area contributed by atoms with E-state index in [0.29, 0.717) is 30.5 Å². The van der Waals surface area contributed by atoms with Crippen LogP contribution in [0.25, 0.3) is 0 Å². The van der Waals surface area contributed by atoms with Gasteiger partial charge in [-0.1, -0.05) is 13.8 Å². The quantitative estimate of drug-likeness (QED) is 0.817. The molecule has 1 rings (SSSR count). The fraction of sp³-hybridized carbons (Fsp3) is 0.571. The number of pyridine rings is 1. The second-order valence-corrected chi connectivity index (χ2v) is 4.82. The van der Waals surface area contributed by atoms with E-state index in [0.717, 1.165) is 6.54 Å². The van der Waals surface area contributed by atoms with Crippen molar-refractivity contribution in [2.24, 2.45) is 5.92 Å². The SMILES string of the molecule is CNc1cc(C(=O)N(CCOC)CC(C)C)ccn1. The lowest BCUT2D eigenvalue weighted by atomic mass is 10.1. The van der Waals surface area contributed by atoms with Crippen molar-refractivity contribution in [1.29, 1.82) is 0 Å². The third-order valence-electron chi connectivity index (χ3n) is 2.70. The van der Waals surface area contributed by atoms with Crippen molar-refractivity contribution >= 4 is 11.7 Å². The number of aromatic nitrogens is 1. The van der Waals surface area contributed by atoms with Gasteiger partial charge in [-0.2, -0.15) is 0 Å². The van der Waals surface area contributed by atoms with Gasteiger partial charge in [0.05, 0.1) is 6.61 Å². The number of rotatable bonds is 7. The average molecular weight is 265 g/mol. The van der Waals surface area contributed by atoms with Gasteiger partial charge >= 0.3 is 0 Å². The highest BCUT2D eigenvalue weighted by atomic mass is 16.5. The topological polar surface area (TPSA) is 54.5 Å². The number of anilines is 1. The first-order valence-corrected chi connectivity index (χ1v) is 6.50. The summed E-state index contributed by atoms with van der Waals surface area (Å²) in [5.41, 5.74) is 0.649. The van der Waals surface area contributed by atoms with Crippen LogP contribution in [0, 0.1) is 5.92 Å². The maximum absolute atomic E-state index is 12.5. The number of ether oxygens (including phenoxy) is 1. The molecule has 1 aromatic heterocycles. The number of hydrogen-bond donors (Lipinski definition) is 1. The summed E-state index contributed by atoms with van der Waals surface area (Å²) in [6.45, 7) is 6.06. The van der Waals surface area contributed by atoms with E-state index in [-0.39, 0.29) is 5.91 Å². The molecule has 0 aliphatic rings. The highest BCUT2D eigenvalue weighted by Gasteiger charge is 2.17. The first kappa shape index (κ1) is 15.4. The summed E-state index contributed by atoms with van der Waals surface area (Å²) in [5, 5.41) is 2.94. The van der Waals surface area contributed by atoms with E-state index in [2.05, 4.69) is 24.1 Å². The Labute approximate surface area is 115 Å². The molecule has 0 fully saturated rings. The zero-order valence-electron chi connectivity index (χ0n) is 12.1. The number of carbonyl (C=O) groups is 1. The van der Waals surface area contributed by atoms with E-state index in [1.807, 2.05) is 4.90 Å². The van der Waals surface area contributed by atoms with Crippen molar-refractivity contribution in [3.8, 4) is 0 Å². The van der Waals surface area contributed by atoms with Gasteiger partial charge in [-0.05, 0) is 18.1 Å². The third-order valence-corrected chi connectivity index (χ3v) is 2.70. The molecule has 0 spiro atoms. The standard InChI is InChI=1S/C14H23N3O2/c1-11(2)10-17(7-8-19-4)14(18)12-5-6-16-13(9-12)15-3/h5-6,9,11H,7-8,10H2,1-4H3,(H,15,16). The summed E-state index contributed by atoms with van der Waals surface area (Å²) in [7, 11) is 3.43. The minimum absolute atomic E-state index is 0.0182. The molecule has 0 unspecified atom stereocenters. The third kappa shape index (κ3) is 4.87. The normalized spacial score (nSPS) is 10.6. The Kier molecular flexibility index (Phi) is 6.29. The molecular formula is C14H23N3O2. The highest BCUT2D eigenvalue weighted by molar-refractivity contribution is 5.94. The molecule has 5 nitrogen and oxygen atoms in total. The van der Waals surface area contributed by atoms with Gasteiger partial charge in [-0.3, -0.25) is 4.79 Å². The first-order valence-electron chi connectivity index (χ1n) is 6.50. The highest BCUT2D eigenvalue weighted by Crippen LogP contribution is 2.11. The summed E-state index contributed by atoms with van der Waals surface area (Å²) in [6, 6.07) is 3.51. The Morgan fingerprint density at radius 2 is 2.26 bits per heavy atom. The van der Waals surface area contributed by atoms with E-state index in [9.17, 15) is 4.79 Å². The van der Waals surface area contributed by atoms with Gasteiger partial charge in [0.2, 0.25) is 0 Å². The monoisotopic (exact) mass is 265 g/mol. The average Bonchev–Trinajstić information content (AvgIpc) is 2.42. The summed E-state index contributed by atoms with van der Waals surface area (Å²) in [6.07, 6.45) is 1.64. The van der Waals surface area contributed by atoms with Crippen LogP contribution in [0.3, 0.4) is 0 Å². The number of nitrogens with zero attached hydrogens (tertiary/aromatic N) is 2. The van der Waals surface area contributed by atoms with Gasteiger partial charge in [-0.25, -0.2) is 4.98 Å². The lowest BCUT2D eigenvalue weighted by molar-refractivity contribution is 0.0672. The Morgan fingerprint density at radius 1 is 1.53 bits per heavy atom. The minimum Gasteiger partial charge on any atom is -0.383 e. The van der Waals surface area contributed by atoms with Crippen molar-refractivity contribution in [1.82, 2.24) is 9.88 Å². The number of hydrogen-bond acceptors (Lipinski definition) is 4. The molecule has 1 N–H and O–H groups in total. The predicted molar refractivity (Wildman–Crippen MR) is 76.4 cm³/mol. The molecule has 5 heteroatoms. The number of carbonyl (C=O) groups excluding carboxylic acids is 1. The predicted octanol–water partition coefficient (Wildman–Crippen LogP) is 1.87. The molecule has 0 atom stereocenters. The van der Waals surface area contributed by atoms with Crippen LogP contribution < -0.4 is 5.32 Å². The maximum atomic E-state index is 12.5. The fourth-order valence-electron chi connectivity index (χ4n) is 1.80. The first-order chi connectivity index (χ1) is 9.08.